The third-order valence-corrected chi connectivity index (χ3v) is 2.07. The number of nitrogens with zero attached hydrogens (tertiary/aromatic N) is 2. The Hall–Kier alpha value is -2.28. The Bertz CT molecular complexity index is 577. The fourth-order valence-electron chi connectivity index (χ4n) is 1.32. The molecule has 2 rings (SSSR count). The Kier molecular flexibility index (Phi) is 3.33. The van der Waals surface area contributed by atoms with Crippen LogP contribution in [0.15, 0.2) is 24.3 Å². The van der Waals surface area contributed by atoms with Gasteiger partial charge in [-0.2, -0.15) is 4.98 Å². The Morgan fingerprint density at radius 2 is 2.00 bits per heavy atom. The van der Waals surface area contributed by atoms with E-state index in [1.54, 1.807) is 6.92 Å². The summed E-state index contributed by atoms with van der Waals surface area (Å²) in [5.74, 6) is 3.83. The van der Waals surface area contributed by atoms with Crippen molar-refractivity contribution in [2.24, 2.45) is 5.84 Å². The first-order chi connectivity index (χ1) is 8.58. The van der Waals surface area contributed by atoms with Crippen LogP contribution in [0.2, 0.25) is 0 Å². The van der Waals surface area contributed by atoms with Crippen molar-refractivity contribution in [3.63, 3.8) is 0 Å². The summed E-state index contributed by atoms with van der Waals surface area (Å²) in [5, 5.41) is 0. The highest BCUT2D eigenvalue weighted by Gasteiger charge is 2.09. The first kappa shape index (κ1) is 12.2. The van der Waals surface area contributed by atoms with Gasteiger partial charge in [-0.1, -0.05) is 0 Å². The van der Waals surface area contributed by atoms with Crippen LogP contribution in [0.3, 0.4) is 0 Å². The number of benzene rings is 1. The number of aromatic nitrogens is 2. The molecule has 7 heteroatoms. The summed E-state index contributed by atoms with van der Waals surface area (Å²) in [5.41, 5.74) is 2.82. The predicted octanol–water partition coefficient (Wildman–Crippen LogP) is 2.14. The number of nitrogens with two attached hydrogens (primary N) is 1. The van der Waals surface area contributed by atoms with Crippen molar-refractivity contribution in [3.05, 3.63) is 41.6 Å². The summed E-state index contributed by atoms with van der Waals surface area (Å²) in [6.07, 6.45) is 0. The summed E-state index contributed by atoms with van der Waals surface area (Å²) in [7, 11) is 0. The topological polar surface area (TPSA) is 73.1 Å². The molecule has 0 saturated heterocycles. The lowest BCUT2D eigenvalue weighted by Crippen LogP contribution is -2.11. The number of halogens is 2. The quantitative estimate of drug-likeness (QED) is 0.646. The van der Waals surface area contributed by atoms with Crippen molar-refractivity contribution in [1.82, 2.24) is 9.97 Å². The molecule has 0 atom stereocenters. The zero-order chi connectivity index (χ0) is 13.1. The average Bonchev–Trinajstić information content (AvgIpc) is 2.33. The molecule has 1 aromatic heterocycles. The van der Waals surface area contributed by atoms with E-state index in [1.165, 1.54) is 6.07 Å². The number of rotatable bonds is 3. The highest BCUT2D eigenvalue weighted by Crippen LogP contribution is 2.24. The molecule has 3 N–H and O–H groups in total. The molecule has 0 amide bonds. The van der Waals surface area contributed by atoms with Crippen molar-refractivity contribution in [1.29, 1.82) is 0 Å². The minimum atomic E-state index is -0.685. The normalized spacial score (nSPS) is 10.2. The molecule has 0 aliphatic rings. The summed E-state index contributed by atoms with van der Waals surface area (Å²) in [4.78, 5) is 7.80. The molecule has 0 aliphatic heterocycles. The minimum absolute atomic E-state index is 0.0694. The fourth-order valence-corrected chi connectivity index (χ4v) is 1.32. The van der Waals surface area contributed by atoms with Crippen LogP contribution in [-0.2, 0) is 0 Å². The van der Waals surface area contributed by atoms with Gasteiger partial charge in [0, 0.05) is 17.8 Å². The monoisotopic (exact) mass is 252 g/mol. The first-order valence-electron chi connectivity index (χ1n) is 5.03. The third-order valence-electron chi connectivity index (χ3n) is 2.07. The third kappa shape index (κ3) is 2.69. The molecular formula is C11H10F2N4O. The SMILES string of the molecule is Cc1cc(Oc2cc(F)ccc2F)nc(NN)n1. The van der Waals surface area contributed by atoms with Gasteiger partial charge in [0.15, 0.2) is 11.6 Å². The molecule has 0 fully saturated rings. The van der Waals surface area contributed by atoms with Crippen LogP contribution in [-0.4, -0.2) is 9.97 Å². The molecule has 2 aromatic rings. The van der Waals surface area contributed by atoms with Crippen molar-refractivity contribution < 1.29 is 13.5 Å². The van der Waals surface area contributed by atoms with Crippen LogP contribution < -0.4 is 16.0 Å². The van der Waals surface area contributed by atoms with E-state index in [1.807, 2.05) is 0 Å². The van der Waals surface area contributed by atoms with E-state index in [4.69, 9.17) is 10.6 Å². The molecule has 0 bridgehead atoms. The summed E-state index contributed by atoms with van der Waals surface area (Å²) in [6.45, 7) is 1.69. The molecule has 1 aromatic carbocycles. The fraction of sp³-hybridized carbons (Fsp3) is 0.0909. The summed E-state index contributed by atoms with van der Waals surface area (Å²) >= 11 is 0. The number of anilines is 1. The van der Waals surface area contributed by atoms with E-state index >= 15 is 0 Å². The highest BCUT2D eigenvalue weighted by molar-refractivity contribution is 5.33. The van der Waals surface area contributed by atoms with Crippen molar-refractivity contribution in [2.75, 3.05) is 5.43 Å². The van der Waals surface area contributed by atoms with Crippen molar-refractivity contribution in [2.45, 2.75) is 6.92 Å². The molecule has 0 aliphatic carbocycles. The number of hydrogen-bond donors (Lipinski definition) is 2. The number of nitrogen functional groups attached to an aromatic ring is 1. The number of hydrogen-bond acceptors (Lipinski definition) is 5. The Morgan fingerprint density at radius 1 is 1.22 bits per heavy atom. The maximum atomic E-state index is 13.4. The van der Waals surface area contributed by atoms with Gasteiger partial charge in [-0.05, 0) is 19.1 Å². The van der Waals surface area contributed by atoms with E-state index in [9.17, 15) is 8.78 Å². The largest absolute Gasteiger partial charge is 0.436 e. The lowest BCUT2D eigenvalue weighted by molar-refractivity contribution is 0.421. The Morgan fingerprint density at radius 3 is 2.72 bits per heavy atom. The molecule has 5 nitrogen and oxygen atoms in total. The molecular weight excluding hydrogens is 242 g/mol. The second-order valence-electron chi connectivity index (χ2n) is 3.49. The van der Waals surface area contributed by atoms with Gasteiger partial charge in [-0.3, -0.25) is 5.43 Å². The van der Waals surface area contributed by atoms with Gasteiger partial charge in [0.05, 0.1) is 0 Å². The van der Waals surface area contributed by atoms with Gasteiger partial charge in [-0.25, -0.2) is 19.6 Å². The number of hydrazine groups is 1. The van der Waals surface area contributed by atoms with E-state index in [0.717, 1.165) is 18.2 Å². The van der Waals surface area contributed by atoms with Crippen LogP contribution in [0.25, 0.3) is 0 Å². The van der Waals surface area contributed by atoms with Crippen LogP contribution >= 0.6 is 0 Å². The molecule has 94 valence electrons. The van der Waals surface area contributed by atoms with Gasteiger partial charge in [0.1, 0.15) is 5.82 Å². The Balaban J connectivity index is 2.33. The molecule has 0 unspecified atom stereocenters. The summed E-state index contributed by atoms with van der Waals surface area (Å²) in [6, 6.07) is 4.38. The van der Waals surface area contributed by atoms with Crippen LogP contribution in [0.1, 0.15) is 5.69 Å². The molecule has 0 radical (unpaired) electrons. The molecule has 0 saturated carbocycles. The maximum Gasteiger partial charge on any atom is 0.240 e. The zero-order valence-electron chi connectivity index (χ0n) is 9.45. The van der Waals surface area contributed by atoms with E-state index < -0.39 is 11.6 Å². The Labute approximate surface area is 102 Å². The lowest BCUT2D eigenvalue weighted by Gasteiger charge is -2.08. The van der Waals surface area contributed by atoms with Gasteiger partial charge >= 0.3 is 0 Å². The lowest BCUT2D eigenvalue weighted by atomic mass is 10.3. The van der Waals surface area contributed by atoms with Crippen molar-refractivity contribution >= 4 is 5.95 Å². The van der Waals surface area contributed by atoms with E-state index in [-0.39, 0.29) is 17.6 Å². The maximum absolute atomic E-state index is 13.4. The van der Waals surface area contributed by atoms with E-state index in [0.29, 0.717) is 5.69 Å². The highest BCUT2D eigenvalue weighted by atomic mass is 19.1. The number of ether oxygens (including phenoxy) is 1. The van der Waals surface area contributed by atoms with Crippen LogP contribution in [0.4, 0.5) is 14.7 Å². The smallest absolute Gasteiger partial charge is 0.240 e. The zero-order valence-corrected chi connectivity index (χ0v) is 9.45. The average molecular weight is 252 g/mol. The number of aryl methyl sites for hydroxylation is 1. The van der Waals surface area contributed by atoms with Gasteiger partial charge in [0.2, 0.25) is 11.8 Å². The molecule has 1 heterocycles. The number of nitrogens with one attached hydrogen (secondary N) is 1. The summed E-state index contributed by atoms with van der Waals surface area (Å²) < 4.78 is 31.5. The molecule has 18 heavy (non-hydrogen) atoms. The predicted molar refractivity (Wildman–Crippen MR) is 61.0 cm³/mol. The standard InChI is InChI=1S/C11H10F2N4O/c1-6-4-10(16-11(15-6)17-14)18-9-5-7(12)2-3-8(9)13/h2-5H,14H2,1H3,(H,15,16,17). The van der Waals surface area contributed by atoms with Gasteiger partial charge in [-0.15, -0.1) is 0 Å². The van der Waals surface area contributed by atoms with E-state index in [2.05, 4.69) is 15.4 Å². The van der Waals surface area contributed by atoms with Crippen LogP contribution in [0, 0.1) is 18.6 Å². The van der Waals surface area contributed by atoms with Crippen LogP contribution in [0.5, 0.6) is 11.6 Å². The minimum Gasteiger partial charge on any atom is -0.436 e. The van der Waals surface area contributed by atoms with Gasteiger partial charge in [0.25, 0.3) is 0 Å². The molecule has 0 spiro atoms. The second kappa shape index (κ2) is 4.92. The second-order valence-corrected chi connectivity index (χ2v) is 3.49. The first-order valence-corrected chi connectivity index (χ1v) is 5.03. The van der Waals surface area contributed by atoms with Crippen molar-refractivity contribution in [3.8, 4) is 11.6 Å². The van der Waals surface area contributed by atoms with Gasteiger partial charge < -0.3 is 4.74 Å².